The molecule has 2 saturated carbocycles. The van der Waals surface area contributed by atoms with E-state index in [2.05, 4.69) is 40.5 Å². The number of hydrogen-bond acceptors (Lipinski definition) is 2. The molecule has 0 radical (unpaired) electrons. The van der Waals surface area contributed by atoms with E-state index in [0.29, 0.717) is 23.8 Å². The summed E-state index contributed by atoms with van der Waals surface area (Å²) in [4.78, 5) is 15.3. The van der Waals surface area contributed by atoms with Gasteiger partial charge in [-0.1, -0.05) is 49.6 Å². The monoisotopic (exact) mass is 408 g/mol. The zero-order valence-electron chi connectivity index (χ0n) is 18.7. The Balaban J connectivity index is 1.39. The van der Waals surface area contributed by atoms with E-state index in [4.69, 9.17) is 0 Å². The van der Waals surface area contributed by atoms with Gasteiger partial charge in [-0.25, -0.2) is 0 Å². The summed E-state index contributed by atoms with van der Waals surface area (Å²) in [6.07, 6.45) is 16.3. The minimum absolute atomic E-state index is 0.163. The van der Waals surface area contributed by atoms with Gasteiger partial charge in [0.05, 0.1) is 0 Å². The Bertz CT molecular complexity index is 713. The Hall–Kier alpha value is -1.35. The fourth-order valence-corrected chi connectivity index (χ4v) is 7.63. The molecule has 4 aliphatic rings. The Labute approximate surface area is 183 Å². The van der Waals surface area contributed by atoms with Crippen LogP contribution in [0.3, 0.4) is 0 Å². The third kappa shape index (κ3) is 3.95. The Morgan fingerprint density at radius 2 is 1.77 bits per heavy atom. The first-order valence-corrected chi connectivity index (χ1v) is 12.8. The van der Waals surface area contributed by atoms with Gasteiger partial charge in [0.15, 0.2) is 0 Å². The molecule has 30 heavy (non-hydrogen) atoms. The molecule has 2 saturated heterocycles. The maximum atomic E-state index is 12.9. The van der Waals surface area contributed by atoms with Crippen LogP contribution in [-0.2, 0) is 11.2 Å². The Morgan fingerprint density at radius 3 is 2.60 bits per heavy atom. The third-order valence-electron chi connectivity index (χ3n) is 9.06. The average Bonchev–Trinajstić information content (AvgIpc) is 3.15. The molecule has 3 heteroatoms. The zero-order valence-corrected chi connectivity index (χ0v) is 18.7. The molecule has 1 aromatic carbocycles. The zero-order chi connectivity index (χ0) is 20.4. The van der Waals surface area contributed by atoms with E-state index >= 15 is 0 Å². The van der Waals surface area contributed by atoms with Crippen molar-refractivity contribution in [3.8, 4) is 0 Å². The summed E-state index contributed by atoms with van der Waals surface area (Å²) in [5, 5.41) is 4.10. The lowest BCUT2D eigenvalue weighted by Crippen LogP contribution is -2.60. The highest BCUT2D eigenvalue weighted by atomic mass is 16.2. The van der Waals surface area contributed by atoms with Gasteiger partial charge in [-0.3, -0.25) is 4.79 Å². The minimum Gasteiger partial charge on any atom is -0.337 e. The van der Waals surface area contributed by atoms with Crippen molar-refractivity contribution in [2.45, 2.75) is 95.1 Å². The van der Waals surface area contributed by atoms with Gasteiger partial charge < -0.3 is 10.2 Å². The first-order chi connectivity index (χ1) is 14.8. The lowest BCUT2D eigenvalue weighted by Gasteiger charge is -2.53. The maximum Gasteiger partial charge on any atom is 0.223 e. The Morgan fingerprint density at radius 1 is 0.933 bits per heavy atom. The molecule has 0 unspecified atom stereocenters. The fourth-order valence-electron chi connectivity index (χ4n) is 7.63. The summed E-state index contributed by atoms with van der Waals surface area (Å²) in [5.41, 5.74) is 1.64. The van der Waals surface area contributed by atoms with E-state index in [1.165, 1.54) is 76.3 Å². The van der Waals surface area contributed by atoms with Crippen LogP contribution >= 0.6 is 0 Å². The molecule has 0 bridgehead atoms. The molecule has 1 aromatic rings. The Kier molecular flexibility index (Phi) is 6.18. The summed E-state index contributed by atoms with van der Waals surface area (Å²) < 4.78 is 0. The largest absolute Gasteiger partial charge is 0.337 e. The molecule has 1 amide bonds. The molecular weight excluding hydrogens is 368 g/mol. The predicted octanol–water partition coefficient (Wildman–Crippen LogP) is 5.34. The number of benzene rings is 1. The number of carbonyl (C=O) groups excluding carboxylic acids is 1. The van der Waals surface area contributed by atoms with Gasteiger partial charge in [-0.2, -0.15) is 0 Å². The topological polar surface area (TPSA) is 32.3 Å². The highest BCUT2D eigenvalue weighted by Crippen LogP contribution is 2.52. The summed E-state index contributed by atoms with van der Waals surface area (Å²) in [7, 11) is 0. The van der Waals surface area contributed by atoms with E-state index in [1.807, 2.05) is 0 Å². The van der Waals surface area contributed by atoms with Crippen molar-refractivity contribution in [3.05, 3.63) is 35.9 Å². The molecule has 5 rings (SSSR count). The first kappa shape index (κ1) is 20.5. The standard InChI is InChI=1S/C27H40N2O/c30-26-14-7-13-24-23(19-21-9-3-1-4-10-21)25(28-20-22-11-5-2-6-12-22)15-17-27(24)16-8-18-29(26)27/h1,3-4,9-10,22-25,28H,2,5-8,11-20H2/t23-,24+,25+,27-/m1/s1. The van der Waals surface area contributed by atoms with Crippen molar-refractivity contribution < 1.29 is 4.79 Å². The van der Waals surface area contributed by atoms with Crippen LogP contribution in [0.25, 0.3) is 0 Å². The number of amides is 1. The van der Waals surface area contributed by atoms with Crippen molar-refractivity contribution in [2.75, 3.05) is 13.1 Å². The number of nitrogens with one attached hydrogen (secondary N) is 1. The molecule has 3 nitrogen and oxygen atoms in total. The molecule has 0 aromatic heterocycles. The summed E-state index contributed by atoms with van der Waals surface area (Å²) >= 11 is 0. The highest BCUT2D eigenvalue weighted by Gasteiger charge is 2.55. The van der Waals surface area contributed by atoms with Crippen LogP contribution in [0.15, 0.2) is 30.3 Å². The van der Waals surface area contributed by atoms with Gasteiger partial charge in [0.2, 0.25) is 5.91 Å². The smallest absolute Gasteiger partial charge is 0.223 e. The molecule has 2 aliphatic carbocycles. The van der Waals surface area contributed by atoms with Gasteiger partial charge >= 0.3 is 0 Å². The normalized spacial score (nSPS) is 35.0. The van der Waals surface area contributed by atoms with Crippen LogP contribution in [0, 0.1) is 17.8 Å². The number of rotatable bonds is 5. The van der Waals surface area contributed by atoms with E-state index in [1.54, 1.807) is 0 Å². The molecule has 4 atom stereocenters. The second-order valence-electron chi connectivity index (χ2n) is 10.7. The van der Waals surface area contributed by atoms with Gasteiger partial charge in [0.25, 0.3) is 0 Å². The van der Waals surface area contributed by atoms with Crippen molar-refractivity contribution in [1.82, 2.24) is 10.2 Å². The van der Waals surface area contributed by atoms with Crippen LogP contribution in [0.4, 0.5) is 0 Å². The van der Waals surface area contributed by atoms with E-state index < -0.39 is 0 Å². The molecule has 164 valence electrons. The molecule has 2 heterocycles. The van der Waals surface area contributed by atoms with Gasteiger partial charge in [0, 0.05) is 24.5 Å². The summed E-state index contributed by atoms with van der Waals surface area (Å²) in [5.74, 6) is 2.63. The first-order valence-electron chi connectivity index (χ1n) is 12.8. The minimum atomic E-state index is 0.163. The van der Waals surface area contributed by atoms with Crippen molar-refractivity contribution in [2.24, 2.45) is 17.8 Å². The van der Waals surface area contributed by atoms with Crippen LogP contribution in [0.5, 0.6) is 0 Å². The summed E-state index contributed by atoms with van der Waals surface area (Å²) in [6.45, 7) is 2.21. The van der Waals surface area contributed by atoms with Crippen molar-refractivity contribution in [3.63, 3.8) is 0 Å². The lowest BCUT2D eigenvalue weighted by atomic mass is 9.61. The lowest BCUT2D eigenvalue weighted by molar-refractivity contribution is -0.138. The summed E-state index contributed by atoms with van der Waals surface area (Å²) in [6, 6.07) is 11.8. The third-order valence-corrected chi connectivity index (χ3v) is 9.06. The quantitative estimate of drug-likeness (QED) is 0.713. The number of nitrogens with zero attached hydrogens (tertiary/aromatic N) is 1. The van der Waals surface area contributed by atoms with Crippen LogP contribution in [0.1, 0.15) is 82.6 Å². The molecule has 1 spiro atoms. The second kappa shape index (κ2) is 9.02. The van der Waals surface area contributed by atoms with Crippen LogP contribution < -0.4 is 5.32 Å². The van der Waals surface area contributed by atoms with Gasteiger partial charge in [0.1, 0.15) is 0 Å². The predicted molar refractivity (Wildman–Crippen MR) is 122 cm³/mol. The average molecular weight is 409 g/mol. The second-order valence-corrected chi connectivity index (χ2v) is 10.7. The molecular formula is C27H40N2O. The molecule has 2 aliphatic heterocycles. The van der Waals surface area contributed by atoms with Crippen LogP contribution in [0.2, 0.25) is 0 Å². The SMILES string of the molecule is O=C1CCC[C@H]2[C@@H](Cc3ccccc3)[C@@H](NCC3CCCCC3)CC[C@]23CCCN13. The number of carbonyl (C=O) groups is 1. The maximum absolute atomic E-state index is 12.9. The molecule has 1 N–H and O–H groups in total. The van der Waals surface area contributed by atoms with E-state index in [9.17, 15) is 4.79 Å². The van der Waals surface area contributed by atoms with E-state index in [0.717, 1.165) is 31.7 Å². The van der Waals surface area contributed by atoms with Crippen LogP contribution in [-0.4, -0.2) is 35.5 Å². The fraction of sp³-hybridized carbons (Fsp3) is 0.741. The number of hydrogen-bond donors (Lipinski definition) is 1. The molecule has 4 fully saturated rings. The highest BCUT2D eigenvalue weighted by molar-refractivity contribution is 5.78. The van der Waals surface area contributed by atoms with Crippen molar-refractivity contribution >= 4 is 5.91 Å². The van der Waals surface area contributed by atoms with Gasteiger partial charge in [-0.05, 0) is 87.6 Å². The van der Waals surface area contributed by atoms with Gasteiger partial charge in [-0.15, -0.1) is 0 Å². The van der Waals surface area contributed by atoms with Crippen molar-refractivity contribution in [1.29, 1.82) is 0 Å². The van der Waals surface area contributed by atoms with E-state index in [-0.39, 0.29) is 5.54 Å².